The third-order valence-corrected chi connectivity index (χ3v) is 4.00. The van der Waals surface area contributed by atoms with Crippen LogP contribution in [0.4, 0.5) is 5.69 Å². The molecule has 1 aliphatic heterocycles. The van der Waals surface area contributed by atoms with E-state index in [1.807, 2.05) is 19.1 Å². The molecule has 1 unspecified atom stereocenters. The zero-order valence-electron chi connectivity index (χ0n) is 14.4. The van der Waals surface area contributed by atoms with E-state index in [-0.39, 0.29) is 24.8 Å². The number of anilines is 1. The molecular formula is C19H25Cl2N3O. The molecule has 3 rings (SSSR count). The molecule has 1 heterocycles. The molecule has 1 aliphatic rings. The van der Waals surface area contributed by atoms with Crippen LogP contribution in [0.2, 0.25) is 0 Å². The molecule has 2 aromatic rings. The van der Waals surface area contributed by atoms with Gasteiger partial charge in [0.15, 0.2) is 5.75 Å². The molecule has 0 amide bonds. The van der Waals surface area contributed by atoms with Crippen molar-refractivity contribution in [1.82, 2.24) is 5.32 Å². The second kappa shape index (κ2) is 9.56. The van der Waals surface area contributed by atoms with E-state index in [4.69, 9.17) is 10.5 Å². The molecule has 1 atom stereocenters. The molecule has 0 aromatic heterocycles. The maximum absolute atomic E-state index is 5.89. The van der Waals surface area contributed by atoms with Crippen molar-refractivity contribution in [3.63, 3.8) is 0 Å². The molecule has 2 aromatic carbocycles. The first-order valence-corrected chi connectivity index (χ1v) is 7.93. The molecule has 0 aliphatic carbocycles. The molecule has 0 saturated heterocycles. The highest BCUT2D eigenvalue weighted by molar-refractivity contribution is 5.85. The van der Waals surface area contributed by atoms with Gasteiger partial charge in [0.05, 0.1) is 5.69 Å². The van der Waals surface area contributed by atoms with Crippen molar-refractivity contribution >= 4 is 30.5 Å². The summed E-state index contributed by atoms with van der Waals surface area (Å²) in [5, 5.41) is 6.75. The van der Waals surface area contributed by atoms with Gasteiger partial charge in [-0.05, 0) is 43.5 Å². The average Bonchev–Trinajstić information content (AvgIpc) is 2.55. The first-order valence-electron chi connectivity index (χ1n) is 7.93. The molecule has 4 N–H and O–H groups in total. The number of nitrogens with two attached hydrogens (primary N) is 1. The molecular weight excluding hydrogens is 357 g/mol. The third-order valence-electron chi connectivity index (χ3n) is 4.00. The molecule has 136 valence electrons. The number of halogens is 2. The van der Waals surface area contributed by atoms with Gasteiger partial charge in [-0.15, -0.1) is 24.8 Å². The fourth-order valence-electron chi connectivity index (χ4n) is 2.66. The van der Waals surface area contributed by atoms with Crippen LogP contribution in [0, 0.1) is 0 Å². The first-order chi connectivity index (χ1) is 11.1. The van der Waals surface area contributed by atoms with Gasteiger partial charge in [-0.2, -0.15) is 0 Å². The quantitative estimate of drug-likeness (QED) is 0.725. The Hall–Kier alpha value is -1.88. The Balaban J connectivity index is 0.00000156. The second-order valence-corrected chi connectivity index (χ2v) is 6.00. The Morgan fingerprint density at radius 1 is 1.08 bits per heavy atom. The lowest BCUT2D eigenvalue weighted by Gasteiger charge is -2.22. The van der Waals surface area contributed by atoms with E-state index in [0.717, 1.165) is 24.4 Å². The van der Waals surface area contributed by atoms with Crippen molar-refractivity contribution in [2.24, 2.45) is 5.73 Å². The Kier molecular flexibility index (Phi) is 8.10. The molecule has 0 bridgehead atoms. The number of nitrogens with one attached hydrogen (secondary N) is 2. The van der Waals surface area contributed by atoms with Gasteiger partial charge in [-0.25, -0.2) is 0 Å². The van der Waals surface area contributed by atoms with Crippen LogP contribution in [0.5, 0.6) is 5.75 Å². The molecule has 0 spiro atoms. The normalized spacial score (nSPS) is 13.5. The van der Waals surface area contributed by atoms with E-state index >= 15 is 0 Å². The highest BCUT2D eigenvalue weighted by Crippen LogP contribution is 2.32. The Bertz CT molecular complexity index is 720. The van der Waals surface area contributed by atoms with Crippen LogP contribution < -0.4 is 21.1 Å². The summed E-state index contributed by atoms with van der Waals surface area (Å²) in [7, 11) is 0. The van der Waals surface area contributed by atoms with Crippen LogP contribution in [-0.2, 0) is 13.0 Å². The highest BCUT2D eigenvalue weighted by atomic mass is 35.5. The molecule has 6 heteroatoms. The van der Waals surface area contributed by atoms with Crippen LogP contribution in [0.3, 0.4) is 0 Å². The van der Waals surface area contributed by atoms with Gasteiger partial charge in [0.1, 0.15) is 11.6 Å². The van der Waals surface area contributed by atoms with Gasteiger partial charge in [0.2, 0.25) is 0 Å². The van der Waals surface area contributed by atoms with Crippen molar-refractivity contribution < 1.29 is 4.74 Å². The number of hydrogen-bond acceptors (Lipinski definition) is 4. The summed E-state index contributed by atoms with van der Waals surface area (Å²) in [6.07, 6.45) is 0.949. The number of rotatable bonds is 5. The summed E-state index contributed by atoms with van der Waals surface area (Å²) in [6, 6.07) is 17.0. The first kappa shape index (κ1) is 21.2. The number of benzene rings is 2. The van der Waals surface area contributed by atoms with Gasteiger partial charge < -0.3 is 21.1 Å². The number of allylic oxidation sites excluding steroid dienone is 1. The van der Waals surface area contributed by atoms with E-state index in [0.29, 0.717) is 17.6 Å². The average molecular weight is 382 g/mol. The Labute approximate surface area is 161 Å². The maximum Gasteiger partial charge on any atom is 0.150 e. The minimum absolute atomic E-state index is 0. The van der Waals surface area contributed by atoms with Gasteiger partial charge in [0, 0.05) is 12.6 Å². The zero-order chi connectivity index (χ0) is 16.2. The standard InChI is InChI=1S/C19H23N3O.2ClH/c1-13(21-12-15-6-4-3-5-7-15)10-16-8-9-18-17(11-16)22-19(20)14(2)23-18;;/h3-9,11,13,21-22H,10,12,20H2,1-2H3;2*1H. The molecule has 0 radical (unpaired) electrons. The van der Waals surface area contributed by atoms with E-state index in [9.17, 15) is 0 Å². The lowest BCUT2D eigenvalue weighted by Crippen LogP contribution is -2.27. The Morgan fingerprint density at radius 2 is 1.80 bits per heavy atom. The van der Waals surface area contributed by atoms with E-state index in [1.165, 1.54) is 11.1 Å². The monoisotopic (exact) mass is 381 g/mol. The molecule has 0 fully saturated rings. The fourth-order valence-corrected chi connectivity index (χ4v) is 2.66. The second-order valence-electron chi connectivity index (χ2n) is 6.00. The summed E-state index contributed by atoms with van der Waals surface area (Å²) in [6.45, 7) is 4.93. The SMILES string of the molecule is CC1=C(N)Nc2cc(CC(C)NCc3ccccc3)ccc2O1.Cl.Cl. The van der Waals surface area contributed by atoms with E-state index < -0.39 is 0 Å². The topological polar surface area (TPSA) is 59.3 Å². The van der Waals surface area contributed by atoms with Gasteiger partial charge in [0.25, 0.3) is 0 Å². The summed E-state index contributed by atoms with van der Waals surface area (Å²) >= 11 is 0. The largest absolute Gasteiger partial charge is 0.456 e. The van der Waals surface area contributed by atoms with Crippen LogP contribution in [-0.4, -0.2) is 6.04 Å². The van der Waals surface area contributed by atoms with Crippen molar-refractivity contribution in [2.45, 2.75) is 32.9 Å². The van der Waals surface area contributed by atoms with Crippen LogP contribution >= 0.6 is 24.8 Å². The smallest absolute Gasteiger partial charge is 0.150 e. The minimum Gasteiger partial charge on any atom is -0.456 e. The minimum atomic E-state index is 0. The maximum atomic E-state index is 5.89. The number of fused-ring (bicyclic) bond motifs is 1. The number of hydrogen-bond donors (Lipinski definition) is 3. The predicted octanol–water partition coefficient (Wildman–Crippen LogP) is 4.20. The van der Waals surface area contributed by atoms with Crippen molar-refractivity contribution in [2.75, 3.05) is 5.32 Å². The third kappa shape index (κ3) is 5.56. The number of ether oxygens (including phenoxy) is 1. The molecule has 25 heavy (non-hydrogen) atoms. The lowest BCUT2D eigenvalue weighted by atomic mass is 10.0. The molecule has 4 nitrogen and oxygen atoms in total. The fraction of sp³-hybridized carbons (Fsp3) is 0.263. The Morgan fingerprint density at radius 3 is 2.52 bits per heavy atom. The molecule has 0 saturated carbocycles. The van der Waals surface area contributed by atoms with Crippen molar-refractivity contribution in [3.05, 3.63) is 71.2 Å². The van der Waals surface area contributed by atoms with E-state index in [2.05, 4.69) is 54.0 Å². The van der Waals surface area contributed by atoms with Gasteiger partial charge in [-0.3, -0.25) is 0 Å². The lowest BCUT2D eigenvalue weighted by molar-refractivity contribution is 0.415. The zero-order valence-corrected chi connectivity index (χ0v) is 16.0. The van der Waals surface area contributed by atoms with Crippen molar-refractivity contribution in [3.8, 4) is 5.75 Å². The summed E-state index contributed by atoms with van der Waals surface area (Å²) in [5.41, 5.74) is 9.37. The van der Waals surface area contributed by atoms with Gasteiger partial charge >= 0.3 is 0 Å². The highest BCUT2D eigenvalue weighted by Gasteiger charge is 2.15. The van der Waals surface area contributed by atoms with E-state index in [1.54, 1.807) is 0 Å². The van der Waals surface area contributed by atoms with Crippen LogP contribution in [0.25, 0.3) is 0 Å². The van der Waals surface area contributed by atoms with Crippen LogP contribution in [0.1, 0.15) is 25.0 Å². The summed E-state index contributed by atoms with van der Waals surface area (Å²) in [4.78, 5) is 0. The van der Waals surface area contributed by atoms with Crippen LogP contribution in [0.15, 0.2) is 60.1 Å². The summed E-state index contributed by atoms with van der Waals surface area (Å²) in [5.74, 6) is 2.11. The summed E-state index contributed by atoms with van der Waals surface area (Å²) < 4.78 is 5.69. The van der Waals surface area contributed by atoms with Gasteiger partial charge in [-0.1, -0.05) is 36.4 Å². The predicted molar refractivity (Wildman–Crippen MR) is 109 cm³/mol. The van der Waals surface area contributed by atoms with Crippen molar-refractivity contribution in [1.29, 1.82) is 0 Å².